The highest BCUT2D eigenvalue weighted by atomic mass is 32.1. The molecule has 0 aromatic carbocycles. The SMILES string of the molecule is COCC[NH+]1CCc2[nH]c(=S)[nH]c(=O)c2C1. The molecule has 2 heterocycles. The smallest absolute Gasteiger partial charge is 0.260 e. The van der Waals surface area contributed by atoms with Gasteiger partial charge in [-0.15, -0.1) is 0 Å². The topological polar surface area (TPSA) is 62.3 Å². The van der Waals surface area contributed by atoms with Gasteiger partial charge in [0.1, 0.15) is 13.1 Å². The molecule has 6 heteroatoms. The Morgan fingerprint density at radius 3 is 3.06 bits per heavy atom. The van der Waals surface area contributed by atoms with E-state index in [0.29, 0.717) is 4.77 Å². The van der Waals surface area contributed by atoms with Crippen molar-refractivity contribution in [2.45, 2.75) is 13.0 Å². The van der Waals surface area contributed by atoms with E-state index in [1.54, 1.807) is 7.11 Å². The molecule has 0 saturated heterocycles. The molecule has 16 heavy (non-hydrogen) atoms. The average molecular weight is 242 g/mol. The van der Waals surface area contributed by atoms with Gasteiger partial charge in [0, 0.05) is 19.2 Å². The van der Waals surface area contributed by atoms with E-state index in [1.165, 1.54) is 4.90 Å². The van der Waals surface area contributed by atoms with Crippen LogP contribution in [-0.2, 0) is 17.7 Å². The maximum absolute atomic E-state index is 11.7. The molecule has 88 valence electrons. The van der Waals surface area contributed by atoms with E-state index in [9.17, 15) is 4.79 Å². The van der Waals surface area contributed by atoms with Gasteiger partial charge in [-0.2, -0.15) is 0 Å². The lowest BCUT2D eigenvalue weighted by molar-refractivity contribution is -0.916. The van der Waals surface area contributed by atoms with Crippen molar-refractivity contribution in [2.24, 2.45) is 0 Å². The molecule has 1 aliphatic rings. The number of ether oxygens (including phenoxy) is 1. The fraction of sp³-hybridized carbons (Fsp3) is 0.600. The molecule has 0 bridgehead atoms. The Labute approximate surface area is 98.4 Å². The minimum absolute atomic E-state index is 0.0478. The number of H-pyrrole nitrogens is 2. The zero-order chi connectivity index (χ0) is 11.5. The third-order valence-corrected chi connectivity index (χ3v) is 3.15. The number of hydrogen-bond acceptors (Lipinski definition) is 3. The summed E-state index contributed by atoms with van der Waals surface area (Å²) in [5, 5.41) is 0. The Bertz CT molecular complexity index is 480. The van der Waals surface area contributed by atoms with E-state index >= 15 is 0 Å². The fourth-order valence-corrected chi connectivity index (χ4v) is 2.28. The lowest BCUT2D eigenvalue weighted by atomic mass is 10.1. The first-order valence-corrected chi connectivity index (χ1v) is 5.78. The van der Waals surface area contributed by atoms with Crippen LogP contribution in [0.5, 0.6) is 0 Å². The molecule has 1 aliphatic heterocycles. The second-order valence-electron chi connectivity index (χ2n) is 4.03. The number of quaternary nitrogens is 1. The average Bonchev–Trinajstić information content (AvgIpc) is 2.26. The second kappa shape index (κ2) is 4.90. The number of fused-ring (bicyclic) bond motifs is 1. The van der Waals surface area contributed by atoms with Crippen LogP contribution in [0.3, 0.4) is 0 Å². The minimum atomic E-state index is -0.0478. The molecule has 1 atom stereocenters. The largest absolute Gasteiger partial charge is 0.379 e. The number of rotatable bonds is 3. The molecular formula is C10H16N3O2S+. The summed E-state index contributed by atoms with van der Waals surface area (Å²) < 4.78 is 5.47. The molecule has 0 saturated carbocycles. The Balaban J connectivity index is 2.20. The molecule has 5 nitrogen and oxygen atoms in total. The Morgan fingerprint density at radius 1 is 1.50 bits per heavy atom. The van der Waals surface area contributed by atoms with Crippen LogP contribution in [0.25, 0.3) is 0 Å². The van der Waals surface area contributed by atoms with Gasteiger partial charge in [0.2, 0.25) is 0 Å². The van der Waals surface area contributed by atoms with Crippen molar-refractivity contribution in [1.29, 1.82) is 0 Å². The van der Waals surface area contributed by atoms with Crippen LogP contribution in [0.15, 0.2) is 4.79 Å². The first-order chi connectivity index (χ1) is 7.70. The maximum Gasteiger partial charge on any atom is 0.260 e. The van der Waals surface area contributed by atoms with Gasteiger partial charge in [-0.3, -0.25) is 9.78 Å². The highest BCUT2D eigenvalue weighted by molar-refractivity contribution is 7.71. The number of nitrogens with one attached hydrogen (secondary N) is 3. The van der Waals surface area contributed by atoms with Gasteiger partial charge >= 0.3 is 0 Å². The van der Waals surface area contributed by atoms with E-state index in [4.69, 9.17) is 17.0 Å². The molecule has 1 unspecified atom stereocenters. The van der Waals surface area contributed by atoms with Gasteiger partial charge in [0.15, 0.2) is 4.77 Å². The summed E-state index contributed by atoms with van der Waals surface area (Å²) in [5.41, 5.74) is 1.79. The molecule has 1 aromatic rings. The van der Waals surface area contributed by atoms with E-state index in [1.807, 2.05) is 0 Å². The highest BCUT2D eigenvalue weighted by Gasteiger charge is 2.22. The molecule has 0 amide bonds. The highest BCUT2D eigenvalue weighted by Crippen LogP contribution is 2.02. The van der Waals surface area contributed by atoms with Gasteiger partial charge in [-0.05, 0) is 12.2 Å². The molecule has 2 rings (SSSR count). The Hall–Kier alpha value is -0.980. The zero-order valence-electron chi connectivity index (χ0n) is 9.26. The van der Waals surface area contributed by atoms with Crippen LogP contribution in [-0.4, -0.2) is 36.8 Å². The van der Waals surface area contributed by atoms with Gasteiger partial charge in [-0.25, -0.2) is 0 Å². The summed E-state index contributed by atoms with van der Waals surface area (Å²) in [6, 6.07) is 0. The standard InChI is InChI=1S/C10H15N3O2S/c1-15-5-4-13-3-2-8-7(6-13)9(14)12-10(16)11-8/h2-6H2,1H3,(H2,11,12,14,16)/p+1. The lowest BCUT2D eigenvalue weighted by Gasteiger charge is -2.24. The predicted octanol–water partition coefficient (Wildman–Crippen LogP) is -0.980. The van der Waals surface area contributed by atoms with E-state index in [0.717, 1.165) is 43.9 Å². The fourth-order valence-electron chi connectivity index (χ4n) is 2.06. The Morgan fingerprint density at radius 2 is 2.31 bits per heavy atom. The van der Waals surface area contributed by atoms with Crippen LogP contribution >= 0.6 is 12.2 Å². The second-order valence-corrected chi connectivity index (χ2v) is 4.44. The minimum Gasteiger partial charge on any atom is -0.379 e. The molecule has 0 radical (unpaired) electrons. The normalized spacial score (nSPS) is 19.4. The molecule has 1 aromatic heterocycles. The van der Waals surface area contributed by atoms with Crippen molar-refractivity contribution in [1.82, 2.24) is 9.97 Å². The van der Waals surface area contributed by atoms with Gasteiger partial charge in [0.25, 0.3) is 5.56 Å². The first kappa shape index (κ1) is 11.5. The number of hydrogen-bond donors (Lipinski definition) is 3. The van der Waals surface area contributed by atoms with Crippen LogP contribution < -0.4 is 10.5 Å². The van der Waals surface area contributed by atoms with Crippen LogP contribution in [0.2, 0.25) is 0 Å². The predicted molar refractivity (Wildman–Crippen MR) is 62.2 cm³/mol. The quantitative estimate of drug-likeness (QED) is 0.597. The summed E-state index contributed by atoms with van der Waals surface area (Å²) in [5.74, 6) is 0. The van der Waals surface area contributed by atoms with Gasteiger partial charge < -0.3 is 14.6 Å². The van der Waals surface area contributed by atoms with E-state index < -0.39 is 0 Å². The maximum atomic E-state index is 11.7. The monoisotopic (exact) mass is 242 g/mol. The lowest BCUT2D eigenvalue weighted by Crippen LogP contribution is -3.12. The van der Waals surface area contributed by atoms with Crippen LogP contribution in [0.4, 0.5) is 0 Å². The first-order valence-electron chi connectivity index (χ1n) is 5.37. The molecule has 0 fully saturated rings. The Kier molecular flexibility index (Phi) is 3.52. The number of aromatic nitrogens is 2. The van der Waals surface area contributed by atoms with E-state index in [2.05, 4.69) is 9.97 Å². The van der Waals surface area contributed by atoms with Crippen molar-refractivity contribution in [3.05, 3.63) is 26.4 Å². The molecule has 0 spiro atoms. The van der Waals surface area contributed by atoms with Gasteiger partial charge in [0.05, 0.1) is 18.7 Å². The number of aromatic amines is 2. The molecule has 0 aliphatic carbocycles. The summed E-state index contributed by atoms with van der Waals surface area (Å²) >= 11 is 4.95. The summed E-state index contributed by atoms with van der Waals surface area (Å²) in [7, 11) is 1.70. The van der Waals surface area contributed by atoms with Crippen molar-refractivity contribution < 1.29 is 9.64 Å². The van der Waals surface area contributed by atoms with Crippen molar-refractivity contribution in [3.63, 3.8) is 0 Å². The zero-order valence-corrected chi connectivity index (χ0v) is 10.1. The van der Waals surface area contributed by atoms with Crippen LogP contribution in [0, 0.1) is 4.77 Å². The van der Waals surface area contributed by atoms with Crippen molar-refractivity contribution in [3.8, 4) is 0 Å². The van der Waals surface area contributed by atoms with E-state index in [-0.39, 0.29) is 5.56 Å². The molecule has 3 N–H and O–H groups in total. The molecular weight excluding hydrogens is 226 g/mol. The van der Waals surface area contributed by atoms with Crippen molar-refractivity contribution in [2.75, 3.05) is 26.8 Å². The summed E-state index contributed by atoms with van der Waals surface area (Å²) in [4.78, 5) is 18.8. The summed E-state index contributed by atoms with van der Waals surface area (Å²) in [6.07, 6.45) is 0.877. The van der Waals surface area contributed by atoms with Gasteiger partial charge in [-0.1, -0.05) is 0 Å². The third-order valence-electron chi connectivity index (χ3n) is 2.94. The third kappa shape index (κ3) is 2.40. The number of methoxy groups -OCH3 is 1. The summed E-state index contributed by atoms with van der Waals surface area (Å²) in [6.45, 7) is 3.43. The van der Waals surface area contributed by atoms with Crippen molar-refractivity contribution >= 4 is 12.2 Å². The van der Waals surface area contributed by atoms with Crippen LogP contribution in [0.1, 0.15) is 11.3 Å².